The predicted octanol–water partition coefficient (Wildman–Crippen LogP) is 6.16. The summed E-state index contributed by atoms with van der Waals surface area (Å²) in [5, 5.41) is 12.9. The largest absolute Gasteiger partial charge is 0.618 e. The Hall–Kier alpha value is -3.49. The molecule has 0 spiro atoms. The summed E-state index contributed by atoms with van der Waals surface area (Å²) in [5.41, 5.74) is 2.35. The number of benzene rings is 2. The zero-order valence-electron chi connectivity index (χ0n) is 23.3. The summed E-state index contributed by atoms with van der Waals surface area (Å²) >= 11 is 3.56. The Morgan fingerprint density at radius 1 is 1.00 bits per heavy atom. The Labute approximate surface area is 249 Å². The molecule has 212 valence electrons. The van der Waals surface area contributed by atoms with Gasteiger partial charge in [0.05, 0.1) is 10.9 Å². The van der Waals surface area contributed by atoms with E-state index in [1.807, 2.05) is 35.2 Å². The Bertz CT molecular complexity index is 1500. The molecule has 41 heavy (non-hydrogen) atoms. The molecule has 0 aliphatic carbocycles. The minimum atomic E-state index is -0.0547. The number of halogens is 1. The molecule has 8 heteroatoms. The zero-order valence-corrected chi connectivity index (χ0v) is 24.9. The number of rotatable bonds is 6. The van der Waals surface area contributed by atoms with E-state index in [1.54, 1.807) is 24.4 Å². The van der Waals surface area contributed by atoms with Gasteiger partial charge in [-0.15, -0.1) is 0 Å². The van der Waals surface area contributed by atoms with Gasteiger partial charge in [-0.05, 0) is 81.6 Å². The number of nitrogens with zero attached hydrogens (tertiary/aromatic N) is 4. The Morgan fingerprint density at radius 3 is 2.46 bits per heavy atom. The quantitative estimate of drug-likeness (QED) is 0.192. The molecule has 0 N–H and O–H groups in total. The number of hydrogen-bond donors (Lipinski definition) is 0. The van der Waals surface area contributed by atoms with E-state index in [1.165, 1.54) is 11.8 Å². The molecular weight excluding hydrogens is 580 g/mol. The molecule has 2 aromatic carbocycles. The third kappa shape index (κ3) is 5.81. The summed E-state index contributed by atoms with van der Waals surface area (Å²) < 4.78 is 8.38. The van der Waals surface area contributed by atoms with E-state index in [-0.39, 0.29) is 17.6 Å². The zero-order chi connectivity index (χ0) is 28.4. The molecular formula is C33H35BrN4O3. The van der Waals surface area contributed by atoms with Gasteiger partial charge in [0.25, 0.3) is 5.91 Å². The van der Waals surface area contributed by atoms with E-state index in [9.17, 15) is 10.0 Å². The van der Waals surface area contributed by atoms with Crippen molar-refractivity contribution >= 4 is 32.7 Å². The highest BCUT2D eigenvalue weighted by molar-refractivity contribution is 9.10. The van der Waals surface area contributed by atoms with Gasteiger partial charge in [0.15, 0.2) is 6.20 Å². The second-order valence-electron chi connectivity index (χ2n) is 11.4. The smallest absolute Gasteiger partial charge is 0.254 e. The van der Waals surface area contributed by atoms with Crippen molar-refractivity contribution in [2.45, 2.75) is 44.2 Å². The van der Waals surface area contributed by atoms with E-state index in [0.717, 1.165) is 48.0 Å². The highest BCUT2D eigenvalue weighted by Gasteiger charge is 2.40. The van der Waals surface area contributed by atoms with Crippen LogP contribution in [0.2, 0.25) is 0 Å². The third-order valence-corrected chi connectivity index (χ3v) is 9.51. The van der Waals surface area contributed by atoms with Crippen LogP contribution in [0.4, 0.5) is 0 Å². The number of amides is 1. The fourth-order valence-corrected chi connectivity index (χ4v) is 6.72. The van der Waals surface area contributed by atoms with Crippen LogP contribution in [0, 0.1) is 11.1 Å². The van der Waals surface area contributed by atoms with Crippen LogP contribution < -0.4 is 9.47 Å². The molecule has 2 aliphatic heterocycles. The molecule has 7 nitrogen and oxygen atoms in total. The molecule has 4 heterocycles. The average molecular weight is 616 g/mol. The van der Waals surface area contributed by atoms with Gasteiger partial charge in [-0.25, -0.2) is 4.98 Å². The first kappa shape index (κ1) is 27.7. The topological polar surface area (TPSA) is 72.6 Å². The fourth-order valence-electron chi connectivity index (χ4n) is 6.46. The normalized spacial score (nSPS) is 18.7. The Morgan fingerprint density at radius 2 is 1.76 bits per heavy atom. The standard InChI is InChI=1S/C33H35BrN4O3/c1-33(16-22-36(23-17-33)32(39)28-6-4-8-29-27(28)7-5-19-38(29)40)37-20-14-25(15-21-37)31(24-10-12-26(34)13-11-24)41-30-9-2-3-18-35-30/h2-13,18-19,25,31H,14-17,20-23H2,1H3. The minimum Gasteiger partial charge on any atom is -0.618 e. The summed E-state index contributed by atoms with van der Waals surface area (Å²) in [6, 6.07) is 23.2. The third-order valence-electron chi connectivity index (χ3n) is 8.98. The minimum absolute atomic E-state index is 0.00608. The Kier molecular flexibility index (Phi) is 7.95. The van der Waals surface area contributed by atoms with Gasteiger partial charge in [-0.3, -0.25) is 9.69 Å². The number of likely N-dealkylation sites (tertiary alicyclic amines) is 2. The van der Waals surface area contributed by atoms with Crippen LogP contribution >= 0.6 is 15.9 Å². The molecule has 2 saturated heterocycles. The maximum atomic E-state index is 13.5. The van der Waals surface area contributed by atoms with Crippen LogP contribution in [0.15, 0.2) is 89.7 Å². The number of ether oxygens (including phenoxy) is 1. The van der Waals surface area contributed by atoms with Crippen molar-refractivity contribution in [3.05, 3.63) is 106 Å². The van der Waals surface area contributed by atoms with Crippen molar-refractivity contribution in [3.8, 4) is 5.88 Å². The first-order valence-corrected chi connectivity index (χ1v) is 15.2. The number of carbonyl (C=O) groups is 1. The highest BCUT2D eigenvalue weighted by Crippen LogP contribution is 2.39. The van der Waals surface area contributed by atoms with Crippen LogP contribution in [0.3, 0.4) is 0 Å². The van der Waals surface area contributed by atoms with E-state index in [0.29, 0.717) is 41.4 Å². The molecule has 0 saturated carbocycles. The summed E-state index contributed by atoms with van der Waals surface area (Å²) in [4.78, 5) is 22.5. The molecule has 0 radical (unpaired) electrons. The van der Waals surface area contributed by atoms with E-state index in [2.05, 4.69) is 57.0 Å². The number of hydrogen-bond acceptors (Lipinski definition) is 5. The maximum Gasteiger partial charge on any atom is 0.254 e. The number of fused-ring (bicyclic) bond motifs is 1. The van der Waals surface area contributed by atoms with E-state index < -0.39 is 0 Å². The molecule has 4 aromatic rings. The maximum absolute atomic E-state index is 13.5. The lowest BCUT2D eigenvalue weighted by molar-refractivity contribution is -0.577. The van der Waals surface area contributed by atoms with Gasteiger partial charge in [0, 0.05) is 53.4 Å². The van der Waals surface area contributed by atoms with Crippen molar-refractivity contribution in [2.24, 2.45) is 5.92 Å². The van der Waals surface area contributed by atoms with Crippen LogP contribution in [-0.2, 0) is 0 Å². The van der Waals surface area contributed by atoms with Crippen LogP contribution in [0.1, 0.15) is 54.6 Å². The fraction of sp³-hybridized carbons (Fsp3) is 0.364. The number of pyridine rings is 2. The predicted molar refractivity (Wildman–Crippen MR) is 162 cm³/mol. The summed E-state index contributed by atoms with van der Waals surface area (Å²) in [7, 11) is 0. The summed E-state index contributed by atoms with van der Waals surface area (Å²) in [6.07, 6.45) is 7.12. The molecule has 1 amide bonds. The van der Waals surface area contributed by atoms with Crippen LogP contribution in [-0.4, -0.2) is 52.4 Å². The van der Waals surface area contributed by atoms with Gasteiger partial charge >= 0.3 is 0 Å². The molecule has 1 atom stereocenters. The lowest BCUT2D eigenvalue weighted by Gasteiger charge is -2.49. The van der Waals surface area contributed by atoms with Gasteiger partial charge in [-0.1, -0.05) is 40.2 Å². The summed E-state index contributed by atoms with van der Waals surface area (Å²) in [5.74, 6) is 1.05. The second kappa shape index (κ2) is 11.8. The van der Waals surface area contributed by atoms with Crippen molar-refractivity contribution in [1.29, 1.82) is 0 Å². The van der Waals surface area contributed by atoms with Crippen molar-refractivity contribution in [3.63, 3.8) is 0 Å². The molecule has 2 aromatic heterocycles. The van der Waals surface area contributed by atoms with E-state index in [4.69, 9.17) is 4.74 Å². The molecule has 0 bridgehead atoms. The lowest BCUT2D eigenvalue weighted by atomic mass is 9.82. The van der Waals surface area contributed by atoms with Crippen molar-refractivity contribution < 1.29 is 14.3 Å². The molecule has 6 rings (SSSR count). The SMILES string of the molecule is CC1(N2CCC(C(Oc3ccccn3)c3ccc(Br)cc3)CC2)CCN(C(=O)c2cccc3c2ccc[n+]3[O-])CC1. The first-order valence-electron chi connectivity index (χ1n) is 14.4. The van der Waals surface area contributed by atoms with Gasteiger partial charge in [-0.2, -0.15) is 4.73 Å². The molecule has 2 fully saturated rings. The number of piperidine rings is 2. The van der Waals surface area contributed by atoms with Crippen molar-refractivity contribution in [2.75, 3.05) is 26.2 Å². The average Bonchev–Trinajstić information content (AvgIpc) is 3.01. The second-order valence-corrected chi connectivity index (χ2v) is 12.4. The molecule has 2 aliphatic rings. The lowest BCUT2D eigenvalue weighted by Crippen LogP contribution is -2.56. The van der Waals surface area contributed by atoms with E-state index >= 15 is 0 Å². The van der Waals surface area contributed by atoms with Crippen molar-refractivity contribution in [1.82, 2.24) is 14.8 Å². The van der Waals surface area contributed by atoms with Crippen LogP contribution in [0.25, 0.3) is 10.9 Å². The number of carbonyl (C=O) groups excluding carboxylic acids is 1. The molecule has 1 unspecified atom stereocenters. The monoisotopic (exact) mass is 614 g/mol. The van der Waals surface area contributed by atoms with Crippen LogP contribution in [0.5, 0.6) is 5.88 Å². The van der Waals surface area contributed by atoms with Gasteiger partial charge < -0.3 is 14.8 Å². The number of aromatic nitrogens is 2. The van der Waals surface area contributed by atoms with Gasteiger partial charge in [0.2, 0.25) is 11.4 Å². The highest BCUT2D eigenvalue weighted by atomic mass is 79.9. The Balaban J connectivity index is 1.10. The van der Waals surface area contributed by atoms with Gasteiger partial charge in [0.1, 0.15) is 6.10 Å². The summed E-state index contributed by atoms with van der Waals surface area (Å²) in [6.45, 7) is 5.77. The first-order chi connectivity index (χ1) is 19.9.